The van der Waals surface area contributed by atoms with Gasteiger partial charge in [0, 0.05) is 40.8 Å². The van der Waals surface area contributed by atoms with Crippen molar-refractivity contribution in [3.63, 3.8) is 0 Å². The van der Waals surface area contributed by atoms with E-state index in [2.05, 4.69) is 15.6 Å². The van der Waals surface area contributed by atoms with Crippen molar-refractivity contribution in [1.29, 1.82) is 0 Å². The van der Waals surface area contributed by atoms with Gasteiger partial charge in [0.15, 0.2) is 5.96 Å². The summed E-state index contributed by atoms with van der Waals surface area (Å²) in [5, 5.41) is 7.03. The molecule has 7 nitrogen and oxygen atoms in total. The third-order valence-electron chi connectivity index (χ3n) is 6.95. The van der Waals surface area contributed by atoms with Gasteiger partial charge in [0.2, 0.25) is 11.8 Å². The topological polar surface area (TPSA) is 77.0 Å². The van der Waals surface area contributed by atoms with E-state index >= 15 is 0 Å². The van der Waals surface area contributed by atoms with Gasteiger partial charge in [-0.2, -0.15) is 0 Å². The van der Waals surface area contributed by atoms with E-state index in [0.29, 0.717) is 24.5 Å². The number of carbonyl (C=O) groups excluding carboxylic acids is 2. The molecule has 0 saturated heterocycles. The summed E-state index contributed by atoms with van der Waals surface area (Å²) in [5.74, 6) is 2.41. The number of hydrogen-bond donors (Lipinski definition) is 2. The van der Waals surface area contributed by atoms with Gasteiger partial charge in [-0.15, -0.1) is 0 Å². The molecule has 0 spiro atoms. The molecule has 3 rings (SSSR count). The van der Waals surface area contributed by atoms with Gasteiger partial charge in [-0.25, -0.2) is 4.99 Å². The fourth-order valence-corrected chi connectivity index (χ4v) is 5.28. The van der Waals surface area contributed by atoms with Crippen molar-refractivity contribution >= 4 is 17.8 Å². The lowest BCUT2D eigenvalue weighted by atomic mass is 9.84. The Bertz CT molecular complexity index is 610. The van der Waals surface area contributed by atoms with Gasteiger partial charge >= 0.3 is 0 Å². The maximum Gasteiger partial charge on any atom is 0.243 e. The Balaban J connectivity index is 1.68. The van der Waals surface area contributed by atoms with E-state index in [1.165, 1.54) is 25.7 Å². The molecule has 3 fully saturated rings. The summed E-state index contributed by atoms with van der Waals surface area (Å²) in [4.78, 5) is 32.7. The highest BCUT2D eigenvalue weighted by Gasteiger charge is 2.43. The number of amides is 2. The predicted molar refractivity (Wildman–Crippen MR) is 111 cm³/mol. The summed E-state index contributed by atoms with van der Waals surface area (Å²) in [5.41, 5.74) is -0.355. The highest BCUT2D eigenvalue weighted by atomic mass is 16.2. The van der Waals surface area contributed by atoms with Crippen molar-refractivity contribution in [3.05, 3.63) is 0 Å². The molecule has 3 aliphatic rings. The van der Waals surface area contributed by atoms with E-state index in [4.69, 9.17) is 0 Å². The first kappa shape index (κ1) is 20.9. The van der Waals surface area contributed by atoms with Crippen molar-refractivity contribution < 1.29 is 9.59 Å². The number of rotatable bonds is 6. The molecule has 0 aromatic heterocycles. The molecule has 3 aliphatic carbocycles. The van der Waals surface area contributed by atoms with Gasteiger partial charge in [0.05, 0.1) is 5.41 Å². The van der Waals surface area contributed by atoms with Crippen molar-refractivity contribution in [2.24, 2.45) is 22.2 Å². The molecular formula is C21H37N5O2. The van der Waals surface area contributed by atoms with Crippen LogP contribution in [0.1, 0.15) is 51.4 Å². The van der Waals surface area contributed by atoms with Crippen LogP contribution in [0, 0.1) is 17.3 Å². The standard InChI is InChI=1S/C21H37N5O2/c1-25(2)18(27)13-22-20(24-17-12-15-7-8-16(17)11-15)23-14-21(9-5-6-10-21)19(28)26(3)4/h15-17H,5-14H2,1-4H3,(H2,22,23,24). The van der Waals surface area contributed by atoms with Gasteiger partial charge in [-0.1, -0.05) is 19.3 Å². The number of hydrogen-bond acceptors (Lipinski definition) is 3. The molecule has 2 bridgehead atoms. The minimum atomic E-state index is -0.355. The Labute approximate surface area is 169 Å². The first-order valence-corrected chi connectivity index (χ1v) is 10.8. The maximum absolute atomic E-state index is 12.8. The molecule has 28 heavy (non-hydrogen) atoms. The van der Waals surface area contributed by atoms with Crippen LogP contribution in [0.4, 0.5) is 0 Å². The Kier molecular flexibility index (Phi) is 6.50. The summed E-state index contributed by atoms with van der Waals surface area (Å²) in [6.45, 7) is 0.699. The third kappa shape index (κ3) is 4.61. The summed E-state index contributed by atoms with van der Waals surface area (Å²) >= 11 is 0. The zero-order valence-corrected chi connectivity index (χ0v) is 18.0. The molecule has 0 radical (unpaired) electrons. The number of guanidine groups is 1. The lowest BCUT2D eigenvalue weighted by Crippen LogP contribution is -2.52. The van der Waals surface area contributed by atoms with Gasteiger partial charge in [0.1, 0.15) is 6.54 Å². The number of nitrogens with one attached hydrogen (secondary N) is 2. The minimum Gasteiger partial charge on any atom is -0.355 e. The van der Waals surface area contributed by atoms with Crippen LogP contribution in [-0.2, 0) is 9.59 Å². The first-order valence-electron chi connectivity index (χ1n) is 10.8. The van der Waals surface area contributed by atoms with E-state index in [9.17, 15) is 9.59 Å². The van der Waals surface area contributed by atoms with Crippen molar-refractivity contribution in [2.75, 3.05) is 41.3 Å². The highest BCUT2D eigenvalue weighted by molar-refractivity contribution is 5.87. The van der Waals surface area contributed by atoms with Crippen LogP contribution in [0.15, 0.2) is 4.99 Å². The molecule has 158 valence electrons. The molecular weight excluding hydrogens is 354 g/mol. The third-order valence-corrected chi connectivity index (χ3v) is 6.95. The van der Waals surface area contributed by atoms with Gasteiger partial charge in [-0.3, -0.25) is 9.59 Å². The fraction of sp³-hybridized carbons (Fsp3) is 0.857. The lowest BCUT2D eigenvalue weighted by Gasteiger charge is -2.32. The predicted octanol–water partition coefficient (Wildman–Crippen LogP) is 1.45. The molecule has 3 unspecified atom stereocenters. The second-order valence-electron chi connectivity index (χ2n) is 9.42. The summed E-state index contributed by atoms with van der Waals surface area (Å²) in [6, 6.07) is 0.434. The van der Waals surface area contributed by atoms with E-state index in [1.54, 1.807) is 23.9 Å². The summed E-state index contributed by atoms with van der Waals surface area (Å²) < 4.78 is 0. The SMILES string of the molecule is CN(C)C(=O)CN=C(NCC1(C(=O)N(C)C)CCCC1)NC1CC2CCC1C2. The van der Waals surface area contributed by atoms with Crippen LogP contribution in [0.3, 0.4) is 0 Å². The number of fused-ring (bicyclic) bond motifs is 2. The molecule has 7 heteroatoms. The molecule has 0 aromatic rings. The van der Waals surface area contributed by atoms with Crippen LogP contribution >= 0.6 is 0 Å². The average molecular weight is 392 g/mol. The first-order chi connectivity index (χ1) is 13.3. The number of nitrogens with zero attached hydrogens (tertiary/aromatic N) is 3. The van der Waals surface area contributed by atoms with Gasteiger partial charge in [0.25, 0.3) is 0 Å². The van der Waals surface area contributed by atoms with Crippen molar-refractivity contribution in [3.8, 4) is 0 Å². The Morgan fingerprint density at radius 1 is 1.04 bits per heavy atom. The van der Waals surface area contributed by atoms with Crippen molar-refractivity contribution in [1.82, 2.24) is 20.4 Å². The second-order valence-corrected chi connectivity index (χ2v) is 9.42. The quantitative estimate of drug-likeness (QED) is 0.531. The molecule has 0 aromatic carbocycles. The summed E-state index contributed by atoms with van der Waals surface area (Å²) in [6.07, 6.45) is 9.14. The number of likely N-dealkylation sites (N-methyl/N-ethyl adjacent to an activating group) is 1. The minimum absolute atomic E-state index is 0.0195. The molecule has 2 N–H and O–H groups in total. The van der Waals surface area contributed by atoms with Crippen LogP contribution < -0.4 is 10.6 Å². The van der Waals surface area contributed by atoms with E-state index in [1.807, 2.05) is 14.1 Å². The van der Waals surface area contributed by atoms with E-state index in [0.717, 1.165) is 31.6 Å². The molecule has 3 saturated carbocycles. The number of aliphatic imine (C=N–C) groups is 1. The van der Waals surface area contributed by atoms with Gasteiger partial charge < -0.3 is 20.4 Å². The zero-order chi connectivity index (χ0) is 20.3. The molecule has 2 amide bonds. The second kappa shape index (κ2) is 8.70. The number of carbonyl (C=O) groups is 2. The lowest BCUT2D eigenvalue weighted by molar-refractivity contribution is -0.138. The van der Waals surface area contributed by atoms with E-state index in [-0.39, 0.29) is 23.8 Å². The summed E-state index contributed by atoms with van der Waals surface area (Å²) in [7, 11) is 7.16. The van der Waals surface area contributed by atoms with Gasteiger partial charge in [-0.05, 0) is 43.9 Å². The van der Waals surface area contributed by atoms with Crippen molar-refractivity contribution in [2.45, 2.75) is 57.4 Å². The van der Waals surface area contributed by atoms with Crippen LogP contribution in [0.25, 0.3) is 0 Å². The largest absolute Gasteiger partial charge is 0.355 e. The Morgan fingerprint density at radius 2 is 1.75 bits per heavy atom. The maximum atomic E-state index is 12.8. The Hall–Kier alpha value is -1.79. The smallest absolute Gasteiger partial charge is 0.243 e. The monoisotopic (exact) mass is 391 g/mol. The molecule has 0 aliphatic heterocycles. The average Bonchev–Trinajstić information content (AvgIpc) is 3.40. The molecule has 3 atom stereocenters. The van der Waals surface area contributed by atoms with E-state index < -0.39 is 0 Å². The fourth-order valence-electron chi connectivity index (χ4n) is 5.28. The Morgan fingerprint density at radius 3 is 2.29 bits per heavy atom. The zero-order valence-electron chi connectivity index (χ0n) is 18.0. The van der Waals surface area contributed by atoms with Crippen LogP contribution in [0.2, 0.25) is 0 Å². The van der Waals surface area contributed by atoms with Crippen LogP contribution in [0.5, 0.6) is 0 Å². The van der Waals surface area contributed by atoms with Crippen LogP contribution in [-0.4, -0.2) is 74.9 Å². The molecule has 0 heterocycles. The normalized spacial score (nSPS) is 28.3. The highest BCUT2D eigenvalue weighted by Crippen LogP contribution is 2.44.